The third-order valence-electron chi connectivity index (χ3n) is 3.41. The maximum absolute atomic E-state index is 8.25. The fourth-order valence-electron chi connectivity index (χ4n) is 1.71. The van der Waals surface area contributed by atoms with Gasteiger partial charge in [0.2, 0.25) is 0 Å². The Hall–Kier alpha value is 0.514. The van der Waals surface area contributed by atoms with E-state index in [-0.39, 0.29) is 0 Å². The summed E-state index contributed by atoms with van der Waals surface area (Å²) in [5.41, 5.74) is 0. The molecule has 0 N–H and O–H groups in total. The summed E-state index contributed by atoms with van der Waals surface area (Å²) in [6.07, 6.45) is 20.3. The third kappa shape index (κ3) is 86.6. The van der Waals surface area contributed by atoms with Gasteiger partial charge in [-0.1, -0.05) is 105 Å². The van der Waals surface area contributed by atoms with E-state index in [1.165, 1.54) is 77.0 Å². The second kappa shape index (κ2) is 56.2. The van der Waals surface area contributed by atoms with Crippen LogP contribution in [-0.4, -0.2) is 0 Å². The molecule has 1 nitrogen and oxygen atoms in total. The molecule has 0 saturated carbocycles. The van der Waals surface area contributed by atoms with Crippen LogP contribution in [0, 0.1) is 27.7 Å². The van der Waals surface area contributed by atoms with Crippen molar-refractivity contribution in [3.63, 3.8) is 0 Å². The van der Waals surface area contributed by atoms with Crippen LogP contribution in [0.15, 0.2) is 0 Å². The Labute approximate surface area is 181 Å². The topological polar surface area (TPSA) is 17.1 Å². The molecule has 0 aromatic carbocycles. The van der Waals surface area contributed by atoms with Crippen molar-refractivity contribution >= 4 is 0 Å². The molecule has 0 aliphatic heterocycles. The zero-order valence-corrected chi connectivity index (χ0v) is 20.6. The van der Waals surface area contributed by atoms with Gasteiger partial charge in [-0.3, -0.25) is 0 Å². The summed E-state index contributed by atoms with van der Waals surface area (Å²) in [5, 5.41) is 0. The predicted octanol–water partition coefficient (Wildman–Crippen LogP) is 9.48. The molecule has 0 bridgehead atoms. The second-order valence-electron chi connectivity index (χ2n) is 6.24. The van der Waals surface area contributed by atoms with E-state index in [0.29, 0.717) is 0 Å². The first-order valence-electron chi connectivity index (χ1n) is 11.0. The van der Waals surface area contributed by atoms with E-state index >= 15 is 0 Å². The van der Waals surface area contributed by atoms with Crippen LogP contribution in [0.3, 0.4) is 0 Å². The second-order valence-corrected chi connectivity index (χ2v) is 6.24. The summed E-state index contributed by atoms with van der Waals surface area (Å²) in [6, 6.07) is 0. The molecule has 0 rings (SSSR count). The molecule has 0 saturated heterocycles. The molecule has 0 fully saturated rings. The SMILES string of the molecule is [CH2-]CCCCC.[CH2-]CCCCC.[CH2-]CCCCC.[CH2-]CCCCC.[O]=[Ti]. The van der Waals surface area contributed by atoms with Crippen molar-refractivity contribution in [3.8, 4) is 0 Å². The van der Waals surface area contributed by atoms with E-state index in [1.54, 1.807) is 0 Å². The quantitative estimate of drug-likeness (QED) is 0.180. The van der Waals surface area contributed by atoms with Crippen molar-refractivity contribution in [2.75, 3.05) is 0 Å². The fourth-order valence-corrected chi connectivity index (χ4v) is 1.71. The molecule has 0 atom stereocenters. The van der Waals surface area contributed by atoms with Crippen molar-refractivity contribution in [3.05, 3.63) is 27.7 Å². The number of unbranched alkanes of at least 4 members (excludes halogenated alkanes) is 12. The molecule has 0 spiro atoms. The van der Waals surface area contributed by atoms with Gasteiger partial charge in [-0.05, 0) is 0 Å². The number of hydrogen-bond acceptors (Lipinski definition) is 1. The van der Waals surface area contributed by atoms with E-state index < -0.39 is 0 Å². The van der Waals surface area contributed by atoms with Gasteiger partial charge < -0.3 is 27.7 Å². The predicted molar refractivity (Wildman–Crippen MR) is 119 cm³/mol. The maximum atomic E-state index is 8.25. The molecule has 0 aromatic rings. The van der Waals surface area contributed by atoms with Crippen LogP contribution in [0.2, 0.25) is 0 Å². The average molecular weight is 405 g/mol. The van der Waals surface area contributed by atoms with E-state index in [0.717, 1.165) is 46.1 Å². The van der Waals surface area contributed by atoms with Crippen LogP contribution in [0.5, 0.6) is 0 Å². The van der Waals surface area contributed by atoms with E-state index in [9.17, 15) is 0 Å². The van der Waals surface area contributed by atoms with Gasteiger partial charge >= 0.3 is 23.7 Å². The monoisotopic (exact) mass is 404 g/mol. The zero-order chi connectivity index (χ0) is 21.3. The Morgan fingerprint density at radius 2 is 0.577 bits per heavy atom. The molecule has 162 valence electrons. The summed E-state index contributed by atoms with van der Waals surface area (Å²) in [7, 11) is 0. The van der Waals surface area contributed by atoms with Crippen LogP contribution in [0.1, 0.15) is 130 Å². The van der Waals surface area contributed by atoms with Gasteiger partial charge in [-0.25, -0.2) is 0 Å². The van der Waals surface area contributed by atoms with Crippen molar-refractivity contribution in [2.24, 2.45) is 0 Å². The molecule has 0 radical (unpaired) electrons. The minimum atomic E-state index is 0.750. The Balaban J connectivity index is -0.0000000729. The van der Waals surface area contributed by atoms with Gasteiger partial charge in [0.05, 0.1) is 0 Å². The Kier molecular flexibility index (Phi) is 80.6. The summed E-state index contributed by atoms with van der Waals surface area (Å²) >= 11 is 0.750. The summed E-state index contributed by atoms with van der Waals surface area (Å²) in [5.74, 6) is 0. The Bertz CT molecular complexity index is 103. The van der Waals surface area contributed by atoms with Crippen LogP contribution in [0.4, 0.5) is 0 Å². The van der Waals surface area contributed by atoms with Gasteiger partial charge in [0.15, 0.2) is 0 Å². The summed E-state index contributed by atoms with van der Waals surface area (Å²) in [4.78, 5) is 0. The van der Waals surface area contributed by atoms with Crippen molar-refractivity contribution in [1.82, 2.24) is 0 Å². The molecule has 0 unspecified atom stereocenters. The van der Waals surface area contributed by atoms with Gasteiger partial charge in [0.1, 0.15) is 0 Å². The van der Waals surface area contributed by atoms with Crippen molar-refractivity contribution in [2.45, 2.75) is 130 Å². The fraction of sp³-hybridized carbons (Fsp3) is 0.833. The molecule has 0 aliphatic rings. The first kappa shape index (κ1) is 37.3. The van der Waals surface area contributed by atoms with Crippen LogP contribution in [0.25, 0.3) is 0 Å². The number of rotatable bonds is 12. The Morgan fingerprint density at radius 3 is 0.615 bits per heavy atom. The first-order chi connectivity index (χ1) is 12.7. The molecule has 0 heterocycles. The third-order valence-corrected chi connectivity index (χ3v) is 3.41. The zero-order valence-electron chi connectivity index (χ0n) is 19.1. The molecule has 0 aliphatic carbocycles. The number of hydrogen-bond donors (Lipinski definition) is 0. The van der Waals surface area contributed by atoms with Crippen molar-refractivity contribution in [1.29, 1.82) is 0 Å². The van der Waals surface area contributed by atoms with Crippen molar-refractivity contribution < 1.29 is 23.7 Å². The summed E-state index contributed by atoms with van der Waals surface area (Å²) in [6.45, 7) is 23.7. The molecule has 0 amide bonds. The normalized spacial score (nSPS) is 8.42. The van der Waals surface area contributed by atoms with Crippen LogP contribution in [-0.2, 0) is 23.7 Å². The minimum absolute atomic E-state index is 0.750. The van der Waals surface area contributed by atoms with Crippen LogP contribution < -0.4 is 0 Å². The van der Waals surface area contributed by atoms with Crippen LogP contribution >= 0.6 is 0 Å². The molecular weight excluding hydrogens is 352 g/mol. The average Bonchev–Trinajstić information content (AvgIpc) is 2.70. The summed E-state index contributed by atoms with van der Waals surface area (Å²) < 4.78 is 8.25. The van der Waals surface area contributed by atoms with Gasteiger partial charge in [-0.15, -0.1) is 0 Å². The first-order valence-corrected chi connectivity index (χ1v) is 11.7. The molecule has 0 aromatic heterocycles. The molecular formula is C24H52OTi-4. The molecule has 26 heavy (non-hydrogen) atoms. The van der Waals surface area contributed by atoms with Gasteiger partial charge in [0.25, 0.3) is 0 Å². The van der Waals surface area contributed by atoms with E-state index in [2.05, 4.69) is 55.4 Å². The standard InChI is InChI=1S/4C6H13.O.Ti/c4*1-3-5-6-4-2;;/h4*1,3-6H2,2H3;;/q4*-1;;. The Morgan fingerprint density at radius 1 is 0.423 bits per heavy atom. The molecule has 2 heteroatoms. The van der Waals surface area contributed by atoms with Gasteiger partial charge in [0, 0.05) is 0 Å². The van der Waals surface area contributed by atoms with E-state index in [4.69, 9.17) is 3.32 Å². The van der Waals surface area contributed by atoms with E-state index in [1.807, 2.05) is 0 Å². The van der Waals surface area contributed by atoms with Gasteiger partial charge in [-0.2, -0.15) is 25.7 Å².